The molecule has 112 valence electrons. The Labute approximate surface area is 129 Å². The summed E-state index contributed by atoms with van der Waals surface area (Å²) in [4.78, 5) is 17.1. The van der Waals surface area contributed by atoms with Crippen LogP contribution in [0.2, 0.25) is 0 Å². The van der Waals surface area contributed by atoms with Gasteiger partial charge in [-0.25, -0.2) is 0 Å². The molecule has 0 aliphatic heterocycles. The molecule has 2 N–H and O–H groups in total. The molecule has 0 amide bonds. The molecule has 0 spiro atoms. The van der Waals surface area contributed by atoms with Gasteiger partial charge in [-0.2, -0.15) is 0 Å². The third kappa shape index (κ3) is 2.96. The minimum Gasteiger partial charge on any atom is -0.381 e. The van der Waals surface area contributed by atoms with Gasteiger partial charge < -0.3 is 15.2 Å². The number of H-pyrrole nitrogens is 1. The van der Waals surface area contributed by atoms with Crippen LogP contribution in [0.15, 0.2) is 59.4 Å². The molecule has 3 aromatic rings. The van der Waals surface area contributed by atoms with E-state index in [0.29, 0.717) is 6.54 Å². The first-order valence-corrected chi connectivity index (χ1v) is 7.26. The van der Waals surface area contributed by atoms with Crippen molar-refractivity contribution in [3.8, 4) is 0 Å². The summed E-state index contributed by atoms with van der Waals surface area (Å²) < 4.78 is 0. The fourth-order valence-corrected chi connectivity index (χ4v) is 2.40. The normalized spacial score (nSPS) is 10.6. The van der Waals surface area contributed by atoms with Crippen LogP contribution in [-0.2, 0) is 6.54 Å². The van der Waals surface area contributed by atoms with E-state index >= 15 is 0 Å². The van der Waals surface area contributed by atoms with Gasteiger partial charge in [0.05, 0.1) is 0 Å². The standard InChI is InChI=1S/C18H19N3O/c1-21(2)16-9-7-15(8-10-16)19-12-14-11-13-5-3-4-6-17(13)20-18(14)22/h3-11,19H,12H2,1-2H3,(H,20,22). The van der Waals surface area contributed by atoms with Crippen molar-refractivity contribution in [2.45, 2.75) is 6.54 Å². The molecule has 0 saturated heterocycles. The van der Waals surface area contributed by atoms with E-state index in [2.05, 4.69) is 15.2 Å². The first kappa shape index (κ1) is 14.2. The van der Waals surface area contributed by atoms with Crippen molar-refractivity contribution in [1.29, 1.82) is 0 Å². The Morgan fingerprint density at radius 3 is 2.50 bits per heavy atom. The highest BCUT2D eigenvalue weighted by Gasteiger charge is 2.03. The monoisotopic (exact) mass is 293 g/mol. The van der Waals surface area contributed by atoms with Crippen molar-refractivity contribution < 1.29 is 0 Å². The van der Waals surface area contributed by atoms with Crippen LogP contribution >= 0.6 is 0 Å². The Hall–Kier alpha value is -2.75. The highest BCUT2D eigenvalue weighted by atomic mass is 16.1. The van der Waals surface area contributed by atoms with E-state index in [1.165, 1.54) is 0 Å². The van der Waals surface area contributed by atoms with Crippen LogP contribution in [0.1, 0.15) is 5.56 Å². The number of para-hydroxylation sites is 1. The van der Waals surface area contributed by atoms with Gasteiger partial charge in [-0.1, -0.05) is 18.2 Å². The van der Waals surface area contributed by atoms with Gasteiger partial charge >= 0.3 is 0 Å². The average molecular weight is 293 g/mol. The van der Waals surface area contributed by atoms with E-state index in [9.17, 15) is 4.79 Å². The predicted molar refractivity (Wildman–Crippen MR) is 92.7 cm³/mol. The summed E-state index contributed by atoms with van der Waals surface area (Å²) in [5.74, 6) is 0. The lowest BCUT2D eigenvalue weighted by Gasteiger charge is -2.13. The van der Waals surface area contributed by atoms with Gasteiger partial charge in [0.25, 0.3) is 5.56 Å². The summed E-state index contributed by atoms with van der Waals surface area (Å²) in [6.45, 7) is 0.501. The summed E-state index contributed by atoms with van der Waals surface area (Å²) >= 11 is 0. The summed E-state index contributed by atoms with van der Waals surface area (Å²) in [7, 11) is 4.02. The Kier molecular flexibility index (Phi) is 3.83. The van der Waals surface area contributed by atoms with Gasteiger partial charge in [0.1, 0.15) is 0 Å². The molecular formula is C18H19N3O. The number of benzene rings is 2. The molecule has 0 radical (unpaired) electrons. The molecule has 0 aliphatic rings. The van der Waals surface area contributed by atoms with Crippen LogP contribution in [0.4, 0.5) is 11.4 Å². The second-order valence-corrected chi connectivity index (χ2v) is 5.51. The predicted octanol–water partition coefficient (Wildman–Crippen LogP) is 3.21. The van der Waals surface area contributed by atoms with Gasteiger partial charge in [-0.3, -0.25) is 4.79 Å². The zero-order chi connectivity index (χ0) is 15.5. The molecule has 22 heavy (non-hydrogen) atoms. The van der Waals surface area contributed by atoms with E-state index < -0.39 is 0 Å². The van der Waals surface area contributed by atoms with Gasteiger partial charge in [0, 0.05) is 43.1 Å². The Morgan fingerprint density at radius 1 is 1.05 bits per heavy atom. The molecule has 2 aromatic carbocycles. The number of nitrogens with zero attached hydrogens (tertiary/aromatic N) is 1. The van der Waals surface area contributed by atoms with E-state index in [4.69, 9.17) is 0 Å². The molecule has 1 heterocycles. The number of anilines is 2. The zero-order valence-corrected chi connectivity index (χ0v) is 12.8. The van der Waals surface area contributed by atoms with E-state index in [0.717, 1.165) is 27.8 Å². The third-order valence-electron chi connectivity index (χ3n) is 3.70. The van der Waals surface area contributed by atoms with Crippen molar-refractivity contribution in [1.82, 2.24) is 4.98 Å². The van der Waals surface area contributed by atoms with Crippen molar-refractivity contribution >= 4 is 22.3 Å². The number of nitrogens with one attached hydrogen (secondary N) is 2. The number of aromatic nitrogens is 1. The third-order valence-corrected chi connectivity index (χ3v) is 3.70. The number of hydrogen-bond donors (Lipinski definition) is 2. The quantitative estimate of drug-likeness (QED) is 0.776. The highest BCUT2D eigenvalue weighted by Crippen LogP contribution is 2.16. The first-order valence-electron chi connectivity index (χ1n) is 7.26. The Bertz CT molecular complexity index is 835. The first-order chi connectivity index (χ1) is 10.6. The van der Waals surface area contributed by atoms with E-state index in [1.54, 1.807) is 0 Å². The summed E-state index contributed by atoms with van der Waals surface area (Å²) in [5, 5.41) is 4.34. The maximum atomic E-state index is 12.1. The van der Waals surface area contributed by atoms with Gasteiger partial charge in [-0.15, -0.1) is 0 Å². The lowest BCUT2D eigenvalue weighted by molar-refractivity contribution is 1.09. The number of fused-ring (bicyclic) bond motifs is 1. The summed E-state index contributed by atoms with van der Waals surface area (Å²) in [6, 6.07) is 17.9. The lowest BCUT2D eigenvalue weighted by atomic mass is 10.1. The van der Waals surface area contributed by atoms with Crippen LogP contribution in [0, 0.1) is 0 Å². The van der Waals surface area contributed by atoms with Gasteiger partial charge in [0.2, 0.25) is 0 Å². The second-order valence-electron chi connectivity index (χ2n) is 5.51. The van der Waals surface area contributed by atoms with Crippen LogP contribution in [0.5, 0.6) is 0 Å². The molecule has 0 fully saturated rings. The molecule has 0 unspecified atom stereocenters. The fraction of sp³-hybridized carbons (Fsp3) is 0.167. The van der Waals surface area contributed by atoms with E-state index in [-0.39, 0.29) is 5.56 Å². The largest absolute Gasteiger partial charge is 0.381 e. The molecule has 0 saturated carbocycles. The summed E-state index contributed by atoms with van der Waals surface area (Å²) in [6.07, 6.45) is 0. The maximum Gasteiger partial charge on any atom is 0.253 e. The minimum absolute atomic E-state index is 0.0453. The molecule has 0 atom stereocenters. The van der Waals surface area contributed by atoms with Crippen molar-refractivity contribution in [3.05, 3.63) is 70.5 Å². The molecule has 3 rings (SSSR count). The second kappa shape index (κ2) is 5.93. The lowest BCUT2D eigenvalue weighted by Crippen LogP contribution is -2.15. The molecule has 0 aliphatic carbocycles. The molecule has 1 aromatic heterocycles. The number of hydrogen-bond acceptors (Lipinski definition) is 3. The number of rotatable bonds is 4. The van der Waals surface area contributed by atoms with Gasteiger partial charge in [-0.05, 0) is 41.8 Å². The fourth-order valence-electron chi connectivity index (χ4n) is 2.40. The smallest absolute Gasteiger partial charge is 0.253 e. The van der Waals surface area contributed by atoms with Crippen LogP contribution in [-0.4, -0.2) is 19.1 Å². The highest BCUT2D eigenvalue weighted by molar-refractivity contribution is 5.78. The SMILES string of the molecule is CN(C)c1ccc(NCc2cc3ccccc3[nH]c2=O)cc1. The molecular weight excluding hydrogens is 274 g/mol. The average Bonchev–Trinajstić information content (AvgIpc) is 2.53. The van der Waals surface area contributed by atoms with Crippen LogP contribution in [0.25, 0.3) is 10.9 Å². The number of pyridine rings is 1. The van der Waals surface area contributed by atoms with Crippen LogP contribution < -0.4 is 15.8 Å². The Morgan fingerprint density at radius 2 is 1.77 bits per heavy atom. The topological polar surface area (TPSA) is 48.1 Å². The van der Waals surface area contributed by atoms with E-state index in [1.807, 2.05) is 68.7 Å². The summed E-state index contributed by atoms with van der Waals surface area (Å²) in [5.41, 5.74) is 3.70. The van der Waals surface area contributed by atoms with Crippen molar-refractivity contribution in [3.63, 3.8) is 0 Å². The van der Waals surface area contributed by atoms with Crippen molar-refractivity contribution in [2.24, 2.45) is 0 Å². The molecule has 0 bridgehead atoms. The van der Waals surface area contributed by atoms with Gasteiger partial charge in [0.15, 0.2) is 0 Å². The molecule has 4 nitrogen and oxygen atoms in total. The van der Waals surface area contributed by atoms with Crippen LogP contribution in [0.3, 0.4) is 0 Å². The minimum atomic E-state index is -0.0453. The van der Waals surface area contributed by atoms with Crippen molar-refractivity contribution in [2.75, 3.05) is 24.3 Å². The Balaban J connectivity index is 1.78. The maximum absolute atomic E-state index is 12.1. The number of aromatic amines is 1. The molecule has 4 heteroatoms. The zero-order valence-electron chi connectivity index (χ0n) is 12.8.